The van der Waals surface area contributed by atoms with Gasteiger partial charge in [0.05, 0.1) is 5.39 Å². The first-order chi connectivity index (χ1) is 11.8. The SMILES string of the molecule is C=C/C=C(/C)C=C.CCC.CNc1nc(C(=O)O)nc2sc(C)cc12. The third-order valence-corrected chi connectivity index (χ3v) is 3.59. The summed E-state index contributed by atoms with van der Waals surface area (Å²) >= 11 is 1.46. The van der Waals surface area contributed by atoms with Crippen molar-refractivity contribution in [1.82, 2.24) is 9.97 Å². The molecule has 0 saturated heterocycles. The van der Waals surface area contributed by atoms with Gasteiger partial charge in [-0.25, -0.2) is 14.8 Å². The van der Waals surface area contributed by atoms with E-state index in [9.17, 15) is 4.79 Å². The minimum atomic E-state index is -1.11. The lowest BCUT2D eigenvalue weighted by atomic mass is 10.3. The van der Waals surface area contributed by atoms with Gasteiger partial charge < -0.3 is 10.4 Å². The molecule has 2 aromatic heterocycles. The minimum absolute atomic E-state index is 0.172. The van der Waals surface area contributed by atoms with E-state index in [-0.39, 0.29) is 5.82 Å². The van der Waals surface area contributed by atoms with E-state index in [1.54, 1.807) is 19.2 Å². The second-order valence-electron chi connectivity index (χ2n) is 5.08. The molecule has 0 aliphatic heterocycles. The lowest BCUT2D eigenvalue weighted by Gasteiger charge is -2.01. The van der Waals surface area contributed by atoms with Gasteiger partial charge >= 0.3 is 5.97 Å². The maximum absolute atomic E-state index is 10.8. The normalized spacial score (nSPS) is 10.0. The lowest BCUT2D eigenvalue weighted by Crippen LogP contribution is -2.06. The molecule has 2 N–H and O–H groups in total. The zero-order valence-electron chi connectivity index (χ0n) is 15.6. The Bertz CT molecular complexity index is 748. The fourth-order valence-corrected chi connectivity index (χ4v) is 2.46. The highest BCUT2D eigenvalue weighted by atomic mass is 32.1. The summed E-state index contributed by atoms with van der Waals surface area (Å²) in [6.07, 6.45) is 6.70. The highest BCUT2D eigenvalue weighted by Gasteiger charge is 2.13. The molecular weight excluding hydrogens is 334 g/mol. The molecule has 25 heavy (non-hydrogen) atoms. The first kappa shape index (κ1) is 22.5. The van der Waals surface area contributed by atoms with Crippen molar-refractivity contribution < 1.29 is 9.90 Å². The van der Waals surface area contributed by atoms with Crippen molar-refractivity contribution in [2.24, 2.45) is 0 Å². The number of nitrogens with zero attached hydrogens (tertiary/aromatic N) is 2. The second-order valence-corrected chi connectivity index (χ2v) is 6.32. The summed E-state index contributed by atoms with van der Waals surface area (Å²) in [6.45, 7) is 15.3. The number of rotatable bonds is 4. The third kappa shape index (κ3) is 7.76. The minimum Gasteiger partial charge on any atom is -0.475 e. The standard InChI is InChI=1S/C9H9N3O2S.C7H10.C3H8/c1-4-3-5-6(10-2)11-7(9(13)14)12-8(5)15-4;1-4-6-7(3)5-2;1-3-2/h3H,1-2H3,(H,13,14)(H,10,11,12);4-6H,1-2H2,3H3;3H2,1-2H3/b;7-6-;. The fraction of sp³-hybridized carbons (Fsp3) is 0.316. The van der Waals surface area contributed by atoms with Crippen LogP contribution < -0.4 is 5.32 Å². The van der Waals surface area contributed by atoms with E-state index >= 15 is 0 Å². The Kier molecular flexibility index (Phi) is 10.8. The molecule has 0 aliphatic rings. The Labute approximate surface area is 153 Å². The Morgan fingerprint density at radius 3 is 2.36 bits per heavy atom. The van der Waals surface area contributed by atoms with Gasteiger partial charge in [0.1, 0.15) is 10.6 Å². The van der Waals surface area contributed by atoms with Gasteiger partial charge in [-0.1, -0.05) is 57.2 Å². The number of anilines is 1. The molecule has 0 aliphatic carbocycles. The topological polar surface area (TPSA) is 75.1 Å². The van der Waals surface area contributed by atoms with E-state index in [1.165, 1.54) is 17.8 Å². The van der Waals surface area contributed by atoms with Crippen LogP contribution in [0.1, 0.15) is 42.7 Å². The van der Waals surface area contributed by atoms with Crippen LogP contribution in [0.15, 0.2) is 43.0 Å². The second kappa shape index (κ2) is 12.0. The molecule has 2 heterocycles. The molecule has 0 saturated carbocycles. The van der Waals surface area contributed by atoms with Crippen LogP contribution in [0.2, 0.25) is 0 Å². The number of hydrogen-bond acceptors (Lipinski definition) is 5. The summed E-state index contributed by atoms with van der Waals surface area (Å²) in [6, 6.07) is 1.94. The Morgan fingerprint density at radius 2 is 1.96 bits per heavy atom. The molecule has 0 radical (unpaired) electrons. The van der Waals surface area contributed by atoms with Gasteiger partial charge in [-0.3, -0.25) is 0 Å². The monoisotopic (exact) mass is 361 g/mol. The molecule has 2 rings (SSSR count). The molecule has 2 aromatic rings. The molecule has 0 bridgehead atoms. The zero-order chi connectivity index (χ0) is 19.4. The Morgan fingerprint density at radius 1 is 1.36 bits per heavy atom. The summed E-state index contributed by atoms with van der Waals surface area (Å²) < 4.78 is 0. The van der Waals surface area contributed by atoms with Crippen molar-refractivity contribution in [3.05, 3.63) is 53.7 Å². The Balaban J connectivity index is 0.000000486. The number of aromatic nitrogens is 2. The van der Waals surface area contributed by atoms with E-state index < -0.39 is 5.97 Å². The zero-order valence-corrected chi connectivity index (χ0v) is 16.4. The number of carboxylic acids is 1. The van der Waals surface area contributed by atoms with Crippen LogP contribution in [-0.2, 0) is 0 Å². The number of carboxylic acid groups (broad SMARTS) is 1. The fourth-order valence-electron chi connectivity index (χ4n) is 1.58. The number of aromatic carboxylic acids is 1. The van der Waals surface area contributed by atoms with Crippen LogP contribution in [0.5, 0.6) is 0 Å². The molecule has 0 unspecified atom stereocenters. The molecule has 0 aromatic carbocycles. The first-order valence-electron chi connectivity index (χ1n) is 7.95. The number of fused-ring (bicyclic) bond motifs is 1. The van der Waals surface area contributed by atoms with E-state index in [2.05, 4.69) is 42.3 Å². The molecule has 6 heteroatoms. The van der Waals surface area contributed by atoms with Crippen LogP contribution >= 0.6 is 11.3 Å². The van der Waals surface area contributed by atoms with Gasteiger partial charge in [0.2, 0.25) is 5.82 Å². The van der Waals surface area contributed by atoms with Crippen molar-refractivity contribution in [3.63, 3.8) is 0 Å². The predicted molar refractivity (Wildman–Crippen MR) is 109 cm³/mol. The van der Waals surface area contributed by atoms with Crippen molar-refractivity contribution >= 4 is 33.3 Å². The van der Waals surface area contributed by atoms with E-state index in [4.69, 9.17) is 5.11 Å². The van der Waals surface area contributed by atoms with Gasteiger partial charge in [-0.2, -0.15) is 0 Å². The number of allylic oxidation sites excluding steroid dienone is 4. The molecule has 5 nitrogen and oxygen atoms in total. The lowest BCUT2D eigenvalue weighted by molar-refractivity contribution is 0.0684. The largest absolute Gasteiger partial charge is 0.475 e. The van der Waals surface area contributed by atoms with Crippen LogP contribution in [0, 0.1) is 6.92 Å². The van der Waals surface area contributed by atoms with Crippen molar-refractivity contribution in [2.75, 3.05) is 12.4 Å². The molecule has 0 atom stereocenters. The van der Waals surface area contributed by atoms with Crippen LogP contribution in [-0.4, -0.2) is 28.1 Å². The molecule has 0 amide bonds. The number of hydrogen-bond donors (Lipinski definition) is 2. The maximum Gasteiger partial charge on any atom is 0.374 e. The van der Waals surface area contributed by atoms with Crippen molar-refractivity contribution in [3.8, 4) is 0 Å². The summed E-state index contributed by atoms with van der Waals surface area (Å²) in [5.41, 5.74) is 1.15. The first-order valence-corrected chi connectivity index (χ1v) is 8.77. The average molecular weight is 362 g/mol. The van der Waals surface area contributed by atoms with Crippen molar-refractivity contribution in [2.45, 2.75) is 34.1 Å². The number of thiophene rings is 1. The van der Waals surface area contributed by atoms with Gasteiger partial charge in [0.25, 0.3) is 0 Å². The van der Waals surface area contributed by atoms with Crippen LogP contribution in [0.4, 0.5) is 5.82 Å². The van der Waals surface area contributed by atoms with E-state index in [1.807, 2.05) is 26.0 Å². The summed E-state index contributed by atoms with van der Waals surface area (Å²) in [7, 11) is 1.71. The quantitative estimate of drug-likeness (QED) is 0.707. The highest BCUT2D eigenvalue weighted by molar-refractivity contribution is 7.18. The highest BCUT2D eigenvalue weighted by Crippen LogP contribution is 2.28. The molecule has 0 fully saturated rings. The summed E-state index contributed by atoms with van der Waals surface area (Å²) in [4.78, 5) is 20.4. The molecule has 0 spiro atoms. The maximum atomic E-state index is 10.8. The summed E-state index contributed by atoms with van der Waals surface area (Å²) in [5, 5.41) is 12.6. The number of carbonyl (C=O) groups is 1. The van der Waals surface area contributed by atoms with Crippen molar-refractivity contribution in [1.29, 1.82) is 0 Å². The van der Waals surface area contributed by atoms with Crippen LogP contribution in [0.3, 0.4) is 0 Å². The van der Waals surface area contributed by atoms with Crippen LogP contribution in [0.25, 0.3) is 10.2 Å². The third-order valence-electron chi connectivity index (χ3n) is 2.65. The molecule has 136 valence electrons. The van der Waals surface area contributed by atoms with Gasteiger partial charge in [0, 0.05) is 11.9 Å². The van der Waals surface area contributed by atoms with E-state index in [0.29, 0.717) is 10.6 Å². The number of nitrogens with one attached hydrogen (secondary N) is 1. The molecular formula is C19H27N3O2S. The van der Waals surface area contributed by atoms with Gasteiger partial charge in [-0.05, 0) is 19.9 Å². The predicted octanol–water partition coefficient (Wildman–Crippen LogP) is 5.46. The van der Waals surface area contributed by atoms with Gasteiger partial charge in [-0.15, -0.1) is 11.3 Å². The summed E-state index contributed by atoms with van der Waals surface area (Å²) in [5.74, 6) is -0.727. The average Bonchev–Trinajstić information content (AvgIpc) is 2.95. The number of aryl methyl sites for hydroxylation is 1. The van der Waals surface area contributed by atoms with Gasteiger partial charge in [0.15, 0.2) is 0 Å². The Hall–Kier alpha value is -2.47. The van der Waals surface area contributed by atoms with E-state index in [0.717, 1.165) is 15.8 Å². The smallest absolute Gasteiger partial charge is 0.374 e.